The van der Waals surface area contributed by atoms with Crippen molar-refractivity contribution in [3.05, 3.63) is 337 Å². The highest BCUT2D eigenvalue weighted by molar-refractivity contribution is 8.04. The van der Waals surface area contributed by atoms with Crippen molar-refractivity contribution in [3.8, 4) is 55.6 Å². The number of nitrogens with two attached hydrogens (primary N) is 1. The molecule has 0 spiro atoms. The van der Waals surface area contributed by atoms with E-state index in [1.807, 2.05) is 33.7 Å². The molecule has 516 valence electrons. The molecule has 0 bridgehead atoms. The topological polar surface area (TPSA) is 141 Å². The van der Waals surface area contributed by atoms with E-state index in [2.05, 4.69) is 359 Å². The summed E-state index contributed by atoms with van der Waals surface area (Å²) < 4.78 is 15.3. The second kappa shape index (κ2) is 29.4. The van der Waals surface area contributed by atoms with Gasteiger partial charge in [0.25, 0.3) is 0 Å². The highest BCUT2D eigenvalue weighted by atomic mass is 32.2. The minimum absolute atomic E-state index is 0.490. The Morgan fingerprint density at radius 3 is 1.10 bits per heavy atom. The lowest BCUT2D eigenvalue weighted by Gasteiger charge is -2.28. The van der Waals surface area contributed by atoms with Crippen LogP contribution < -0.4 is 30.1 Å². The Morgan fingerprint density at radius 2 is 0.717 bits per heavy atom. The van der Waals surface area contributed by atoms with Crippen molar-refractivity contribution in [1.82, 2.24) is 30.0 Å². The number of nitrogen functional groups attached to an aromatic ring is 1. The van der Waals surface area contributed by atoms with Gasteiger partial charge in [-0.05, 0) is 203 Å². The Labute approximate surface area is 626 Å². The third kappa shape index (κ3) is 12.6. The Balaban J connectivity index is 0.691. The first-order valence-electron chi connectivity index (χ1n) is 35.6. The summed E-state index contributed by atoms with van der Waals surface area (Å²) in [5.74, 6) is 0. The lowest BCUT2D eigenvalue weighted by atomic mass is 9.93. The van der Waals surface area contributed by atoms with Gasteiger partial charge in [-0.2, -0.15) is 27.1 Å². The van der Waals surface area contributed by atoms with Gasteiger partial charge in [0.15, 0.2) is 0 Å². The Kier molecular flexibility index (Phi) is 18.4. The molecule has 3 heterocycles. The maximum Gasteiger partial charge on any atom is 0.123 e. The normalized spacial score (nSPS) is 11.7. The number of hydrogen-bond donors (Lipinski definition) is 3. The van der Waals surface area contributed by atoms with Crippen LogP contribution in [0.15, 0.2) is 328 Å². The Morgan fingerprint density at radius 1 is 0.377 bits per heavy atom. The number of thiol groups is 1. The summed E-state index contributed by atoms with van der Waals surface area (Å²) in [5, 5.41) is 20.2. The highest BCUT2D eigenvalue weighted by Crippen LogP contribution is 2.58. The number of benzene rings is 14. The number of para-hydroxylation sites is 6. The smallest absolute Gasteiger partial charge is 0.123 e. The molecule has 1 aliphatic heterocycles. The summed E-state index contributed by atoms with van der Waals surface area (Å²) in [5.41, 5.74) is 35.0. The number of fused-ring (bicyclic) bond motifs is 3. The van der Waals surface area contributed by atoms with Crippen LogP contribution in [0.25, 0.3) is 87.1 Å². The molecule has 0 atom stereocenters. The average Bonchev–Trinajstić information content (AvgIpc) is 1.53. The first kappa shape index (κ1) is 66.2. The molecule has 0 fully saturated rings. The lowest BCUT2D eigenvalue weighted by Crippen LogP contribution is -2.10. The second-order valence-corrected chi connectivity index (χ2v) is 26.8. The number of hydrogen-bond acceptors (Lipinski definition) is 12. The van der Waals surface area contributed by atoms with Crippen LogP contribution in [0.4, 0.5) is 91.0 Å². The first-order chi connectivity index (χ1) is 52.4. The number of anilines is 14. The van der Waals surface area contributed by atoms with Gasteiger partial charge in [0.1, 0.15) is 16.6 Å². The van der Waals surface area contributed by atoms with Crippen LogP contribution in [0.5, 0.6) is 0 Å². The van der Waals surface area contributed by atoms with Crippen LogP contribution in [0, 0.1) is 0 Å². The molecule has 3 N–H and O–H groups in total. The van der Waals surface area contributed by atoms with Crippen molar-refractivity contribution in [2.45, 2.75) is 39.8 Å². The summed E-state index contributed by atoms with van der Waals surface area (Å²) in [7, 11) is 0. The zero-order chi connectivity index (χ0) is 71.5. The van der Waals surface area contributed by atoms with Crippen molar-refractivity contribution >= 4 is 138 Å². The summed E-state index contributed by atoms with van der Waals surface area (Å²) in [6, 6.07) is 115. The van der Waals surface area contributed by atoms with Crippen LogP contribution in [0.2, 0.25) is 0 Å². The first-order valence-corrected chi connectivity index (χ1v) is 36.8. The van der Waals surface area contributed by atoms with Crippen molar-refractivity contribution in [3.63, 3.8) is 0 Å². The maximum atomic E-state index is 7.41. The van der Waals surface area contributed by atoms with Crippen molar-refractivity contribution < 1.29 is 0 Å². The molecule has 14 nitrogen and oxygen atoms in total. The Bertz CT molecular complexity index is 5680. The molecule has 0 unspecified atom stereocenters. The predicted octanol–water partition coefficient (Wildman–Crippen LogP) is 25.6. The van der Waals surface area contributed by atoms with Gasteiger partial charge in [-0.3, -0.25) is 12.8 Å². The van der Waals surface area contributed by atoms with Crippen LogP contribution in [0.1, 0.15) is 26.7 Å². The fourth-order valence-electron chi connectivity index (χ4n) is 14.6. The van der Waals surface area contributed by atoms with Gasteiger partial charge >= 0.3 is 0 Å². The predicted molar refractivity (Wildman–Crippen MR) is 446 cm³/mol. The monoisotopic (exact) mass is 1410 g/mol. The van der Waals surface area contributed by atoms with E-state index in [0.29, 0.717) is 30.0 Å². The molecule has 2 aromatic heterocycles. The lowest BCUT2D eigenvalue weighted by molar-refractivity contribution is 0.535. The van der Waals surface area contributed by atoms with Crippen molar-refractivity contribution in [2.75, 3.05) is 30.1 Å². The zero-order valence-electron chi connectivity index (χ0n) is 58.3. The van der Waals surface area contributed by atoms with Crippen LogP contribution in [-0.4, -0.2) is 30.0 Å². The highest BCUT2D eigenvalue weighted by Gasteiger charge is 2.27. The Hall–Kier alpha value is -13.0. The average molecular weight is 1410 g/mol. The largest absolute Gasteiger partial charge is 0.632 e. The summed E-state index contributed by atoms with van der Waals surface area (Å²) in [6.45, 7) is 5.61. The molecule has 0 saturated heterocycles. The van der Waals surface area contributed by atoms with E-state index >= 15 is 0 Å². The number of nitrogens with one attached hydrogen (secondary N) is 1. The van der Waals surface area contributed by atoms with E-state index in [9.17, 15) is 0 Å². The van der Waals surface area contributed by atoms with E-state index in [0.717, 1.165) is 165 Å². The third-order valence-electron chi connectivity index (χ3n) is 19.4. The van der Waals surface area contributed by atoms with Crippen molar-refractivity contribution in [2.24, 2.45) is 0 Å². The quantitative estimate of drug-likeness (QED) is 0.0339. The van der Waals surface area contributed by atoms with Gasteiger partial charge in [0.05, 0.1) is 12.1 Å². The molecule has 14 aromatic carbocycles. The number of nitrogens with zero attached hydrogens (tertiary/aromatic N) is 12. The molecule has 0 aliphatic carbocycles. The molecule has 17 rings (SSSR count). The molecule has 16 aromatic rings. The fraction of sp³-hybridized carbons (Fsp3) is 0.0667. The number of aryl methyl sites for hydroxylation is 2. The third-order valence-corrected chi connectivity index (χ3v) is 20.1. The van der Waals surface area contributed by atoms with E-state index in [1.54, 1.807) is 0 Å². The zero-order valence-corrected chi connectivity index (χ0v) is 60.0. The number of aromatic nitrogens is 6. The summed E-state index contributed by atoms with van der Waals surface area (Å²) >= 11 is 5.96. The second-order valence-electron chi connectivity index (χ2n) is 26.0. The van der Waals surface area contributed by atoms with Gasteiger partial charge in [-0.1, -0.05) is 212 Å². The molecule has 0 radical (unpaired) electrons. The van der Waals surface area contributed by atoms with Gasteiger partial charge in [0, 0.05) is 97.3 Å². The molecule has 1 aliphatic rings. The van der Waals surface area contributed by atoms with Gasteiger partial charge < -0.3 is 39.5 Å². The number of rotatable bonds is 22. The summed E-state index contributed by atoms with van der Waals surface area (Å²) in [6.07, 6.45) is 1.73. The van der Waals surface area contributed by atoms with E-state index in [4.69, 9.17) is 31.0 Å². The standard InChI is InChI=1S/C90H72N14S2/c1-3-57-99-90-79(83(91)84(95-105)80(89(90)92-98-99)62-43-51-73(52-44-62)101(67-27-11-5-12-28-67)68-29-13-6-14-30-68)61-41-49-75(50-42-61)103(71-35-19-9-20-36-71)77-39-23-25-65(59-77)66-26-24-40-78(60-66)104(72-37-21-10-22-38-72)76-55-47-64(48-56-76)82-86-85(93-100(94-86)58-4-2)81(87-88(82)97-106-96-87)63-45-53-74(54-46-63)102(69-31-15-7-16-32-69)70-33-17-8-18-34-70/h5-56,59-60,96,105H,3-4,57-58,91H2,1-2H3/q-2. The molecule has 16 heteroatoms. The van der Waals surface area contributed by atoms with Crippen LogP contribution >= 0.6 is 24.9 Å². The van der Waals surface area contributed by atoms with E-state index in [1.165, 1.54) is 12.1 Å². The van der Waals surface area contributed by atoms with Gasteiger partial charge in [-0.15, -0.1) is 5.10 Å². The summed E-state index contributed by atoms with van der Waals surface area (Å²) in [4.78, 5) is 11.0. The fourth-order valence-corrected chi connectivity index (χ4v) is 15.4. The minimum atomic E-state index is 0.490. The van der Waals surface area contributed by atoms with Crippen LogP contribution in [-0.2, 0) is 13.1 Å². The van der Waals surface area contributed by atoms with Crippen LogP contribution in [0.3, 0.4) is 0 Å². The molecular weight excluding hydrogens is 1340 g/mol. The van der Waals surface area contributed by atoms with E-state index < -0.39 is 0 Å². The molecular formula is C90H72N14S2-2. The van der Waals surface area contributed by atoms with E-state index in [-0.39, 0.29) is 0 Å². The van der Waals surface area contributed by atoms with Crippen molar-refractivity contribution in [1.29, 1.82) is 0 Å². The van der Waals surface area contributed by atoms with Gasteiger partial charge in [-0.25, -0.2) is 4.68 Å². The molecule has 0 amide bonds. The molecule has 106 heavy (non-hydrogen) atoms. The van der Waals surface area contributed by atoms with Gasteiger partial charge in [0.2, 0.25) is 0 Å². The maximum absolute atomic E-state index is 7.41. The minimum Gasteiger partial charge on any atom is -0.632 e. The SMILES string of the molecule is CCCn1nc2c(-c3ccc(N(c4ccccc4)c4cccc(-c5cccc(N(c6ccccc6)c6ccc(-c7c(N)c([N-]S)c(-c8ccc(N(c9ccccc9)c9ccccc9)cc8)c8nnn(CCC)c78)cc6)c5)c4)cc3)c3c(c(-c4ccc(N(c5ccccc5)c5ccccc5)cc4)c2n1)NS[N-]3. The molecule has 0 saturated carbocycles.